The number of nitrogens with two attached hydrogens (primary N) is 1. The van der Waals surface area contributed by atoms with Gasteiger partial charge in [-0.2, -0.15) is 0 Å². The number of aliphatic hydroxyl groups is 2. The zero-order chi connectivity index (χ0) is 33.7. The van der Waals surface area contributed by atoms with E-state index < -0.39 is 52.6 Å². The number of methoxy groups -OCH3 is 1. The smallest absolute Gasteiger partial charge is 0.255 e. The van der Waals surface area contributed by atoms with E-state index in [0.717, 1.165) is 23.2 Å². The standard InChI is InChI=1S/C37H39N3O7/c1-39(2)32-25-16-21-15-24-22(23-14-20(10-13-27(23)47-4)18-40(3)17-19-8-6-5-7-9-19)11-12-26(41)29(24)33(42)28(21)34(43)30(25)35(44)31(36(32)45)37(38)46/h5-14,21,25,30,32,41-42,45H,15-18H2,1-4H3,(H2,38,46). The van der Waals surface area contributed by atoms with Crippen molar-refractivity contribution in [2.75, 3.05) is 28.3 Å². The lowest BCUT2D eigenvalue weighted by atomic mass is 9.59. The minimum absolute atomic E-state index is 0.0468. The third-order valence-electron chi connectivity index (χ3n) is 9.75. The highest BCUT2D eigenvalue weighted by Crippen LogP contribution is 2.52. The number of rotatable bonds is 8. The molecule has 0 aromatic heterocycles. The van der Waals surface area contributed by atoms with Gasteiger partial charge in [-0.05, 0) is 86.3 Å². The maximum atomic E-state index is 14.1. The molecule has 47 heavy (non-hydrogen) atoms. The predicted octanol–water partition coefficient (Wildman–Crippen LogP) is 4.16. The predicted molar refractivity (Wildman–Crippen MR) is 176 cm³/mol. The number of nitrogens with zero attached hydrogens (tertiary/aromatic N) is 2. The Labute approximate surface area is 273 Å². The number of carbonyl (C=O) groups is 3. The van der Waals surface area contributed by atoms with Crippen molar-refractivity contribution < 1.29 is 34.4 Å². The van der Waals surface area contributed by atoms with E-state index in [2.05, 4.69) is 17.0 Å². The first-order valence-corrected chi connectivity index (χ1v) is 15.6. The molecule has 1 fully saturated rings. The van der Waals surface area contributed by atoms with Gasteiger partial charge in [0.1, 0.15) is 28.6 Å². The molecule has 0 radical (unpaired) electrons. The second-order valence-electron chi connectivity index (χ2n) is 13.0. The van der Waals surface area contributed by atoms with E-state index in [4.69, 9.17) is 10.5 Å². The van der Waals surface area contributed by atoms with Gasteiger partial charge in [-0.25, -0.2) is 0 Å². The molecule has 3 aliphatic carbocycles. The van der Waals surface area contributed by atoms with E-state index in [9.17, 15) is 29.7 Å². The summed E-state index contributed by atoms with van der Waals surface area (Å²) in [5, 5.41) is 33.8. The Morgan fingerprint density at radius 3 is 2.28 bits per heavy atom. The van der Waals surface area contributed by atoms with Crippen molar-refractivity contribution in [3.05, 3.63) is 99.8 Å². The first kappa shape index (κ1) is 32.0. The summed E-state index contributed by atoms with van der Waals surface area (Å²) in [4.78, 5) is 43.7. The molecule has 0 heterocycles. The highest BCUT2D eigenvalue weighted by molar-refractivity contribution is 6.28. The van der Waals surface area contributed by atoms with Gasteiger partial charge in [0.15, 0.2) is 11.6 Å². The maximum absolute atomic E-state index is 14.1. The van der Waals surface area contributed by atoms with Crippen LogP contribution in [0.25, 0.3) is 16.9 Å². The third-order valence-corrected chi connectivity index (χ3v) is 9.75. The molecule has 4 atom stereocenters. The van der Waals surface area contributed by atoms with Gasteiger partial charge in [0, 0.05) is 24.2 Å². The number of amides is 1. The van der Waals surface area contributed by atoms with Crippen LogP contribution < -0.4 is 10.5 Å². The van der Waals surface area contributed by atoms with Gasteiger partial charge in [0.25, 0.3) is 5.91 Å². The van der Waals surface area contributed by atoms with Gasteiger partial charge >= 0.3 is 0 Å². The lowest BCUT2D eigenvalue weighted by Gasteiger charge is -2.46. The van der Waals surface area contributed by atoms with Crippen LogP contribution in [0.15, 0.2) is 77.6 Å². The van der Waals surface area contributed by atoms with E-state index in [1.807, 2.05) is 43.4 Å². The number of aromatic hydroxyl groups is 1. The largest absolute Gasteiger partial charge is 0.510 e. The molecule has 10 heteroatoms. The van der Waals surface area contributed by atoms with Gasteiger partial charge in [-0.3, -0.25) is 24.2 Å². The average Bonchev–Trinajstić information content (AvgIpc) is 3.01. The molecule has 6 rings (SSSR count). The molecular weight excluding hydrogens is 598 g/mol. The molecule has 0 spiro atoms. The summed E-state index contributed by atoms with van der Waals surface area (Å²) in [7, 11) is 7.03. The number of ketones is 2. The number of benzene rings is 3. The molecule has 244 valence electrons. The topological polar surface area (TPSA) is 154 Å². The number of hydrogen-bond acceptors (Lipinski definition) is 9. The Morgan fingerprint density at radius 1 is 0.915 bits per heavy atom. The number of phenols is 1. The Morgan fingerprint density at radius 2 is 1.62 bits per heavy atom. The number of Topliss-reactive ketones (excluding diaryl/α,β-unsaturated/α-hetero) is 2. The summed E-state index contributed by atoms with van der Waals surface area (Å²) >= 11 is 0. The van der Waals surface area contributed by atoms with Crippen LogP contribution in [-0.4, -0.2) is 76.9 Å². The Balaban J connectivity index is 1.42. The number of ether oxygens (including phenoxy) is 1. The second kappa shape index (κ2) is 12.4. The summed E-state index contributed by atoms with van der Waals surface area (Å²) in [5.74, 6) is -5.45. The average molecular weight is 638 g/mol. The number of fused-ring (bicyclic) bond motifs is 3. The van der Waals surface area contributed by atoms with Crippen LogP contribution >= 0.6 is 0 Å². The molecule has 5 N–H and O–H groups in total. The zero-order valence-electron chi connectivity index (χ0n) is 26.9. The number of carbonyl (C=O) groups excluding carboxylic acids is 3. The van der Waals surface area contributed by atoms with Crippen molar-refractivity contribution in [1.29, 1.82) is 0 Å². The van der Waals surface area contributed by atoms with Crippen LogP contribution in [0.3, 0.4) is 0 Å². The zero-order valence-corrected chi connectivity index (χ0v) is 26.9. The van der Waals surface area contributed by atoms with E-state index in [1.165, 1.54) is 11.6 Å². The highest BCUT2D eigenvalue weighted by atomic mass is 16.5. The monoisotopic (exact) mass is 637 g/mol. The van der Waals surface area contributed by atoms with Crippen LogP contribution in [0.1, 0.15) is 28.7 Å². The summed E-state index contributed by atoms with van der Waals surface area (Å²) < 4.78 is 5.77. The lowest BCUT2D eigenvalue weighted by Crippen LogP contribution is -2.55. The molecule has 10 nitrogen and oxygen atoms in total. The van der Waals surface area contributed by atoms with E-state index in [-0.39, 0.29) is 35.5 Å². The molecule has 0 aliphatic heterocycles. The van der Waals surface area contributed by atoms with Gasteiger partial charge in [-0.1, -0.05) is 42.5 Å². The van der Waals surface area contributed by atoms with Crippen molar-refractivity contribution >= 4 is 23.2 Å². The SMILES string of the molecule is COc1ccc(CN(C)Cc2ccccc2)cc1-c1ccc(O)c2c1CC1CC3C(C(=O)C(C(N)=O)=C(O)C3N(C)C)C(=O)C1=C2O. The summed E-state index contributed by atoms with van der Waals surface area (Å²) in [5.41, 5.74) is 9.47. The van der Waals surface area contributed by atoms with Crippen molar-refractivity contribution in [1.82, 2.24) is 9.80 Å². The summed E-state index contributed by atoms with van der Waals surface area (Å²) in [6, 6.07) is 18.6. The minimum Gasteiger partial charge on any atom is -0.510 e. The first-order valence-electron chi connectivity index (χ1n) is 15.6. The van der Waals surface area contributed by atoms with Crippen LogP contribution in [0.2, 0.25) is 0 Å². The van der Waals surface area contributed by atoms with Crippen molar-refractivity contribution in [2.45, 2.75) is 32.0 Å². The number of primary amides is 1. The van der Waals surface area contributed by atoms with E-state index in [0.29, 0.717) is 17.9 Å². The molecule has 3 aliphatic rings. The van der Waals surface area contributed by atoms with Crippen molar-refractivity contribution in [3.8, 4) is 22.6 Å². The molecule has 1 saturated carbocycles. The summed E-state index contributed by atoms with van der Waals surface area (Å²) in [6.45, 7) is 1.42. The maximum Gasteiger partial charge on any atom is 0.255 e. The normalized spacial score (nSPS) is 22.3. The molecule has 3 aromatic carbocycles. The highest BCUT2D eigenvalue weighted by Gasteiger charge is 2.55. The van der Waals surface area contributed by atoms with Crippen molar-refractivity contribution in [3.63, 3.8) is 0 Å². The third kappa shape index (κ3) is 5.47. The molecule has 3 aromatic rings. The van der Waals surface area contributed by atoms with Crippen LogP contribution in [0.4, 0.5) is 0 Å². The van der Waals surface area contributed by atoms with Gasteiger partial charge in [0.05, 0.1) is 24.6 Å². The Bertz CT molecular complexity index is 1850. The fourth-order valence-electron chi connectivity index (χ4n) is 7.85. The second-order valence-corrected chi connectivity index (χ2v) is 13.0. The number of allylic oxidation sites excluding steroid dienone is 1. The van der Waals surface area contributed by atoms with Crippen LogP contribution in [0, 0.1) is 17.8 Å². The number of likely N-dealkylation sites (N-methyl/N-ethyl adjacent to an activating group) is 1. The van der Waals surface area contributed by atoms with E-state index in [1.54, 1.807) is 32.2 Å². The number of hydrogen-bond donors (Lipinski definition) is 4. The lowest BCUT2D eigenvalue weighted by molar-refractivity contribution is -0.136. The minimum atomic E-state index is -1.30. The number of phenolic OH excluding ortho intramolecular Hbond substituents is 1. The number of aliphatic hydroxyl groups excluding tert-OH is 2. The molecule has 0 bridgehead atoms. The molecule has 4 unspecified atom stereocenters. The molecule has 0 saturated heterocycles. The van der Waals surface area contributed by atoms with Gasteiger partial charge in [-0.15, -0.1) is 0 Å². The van der Waals surface area contributed by atoms with Crippen LogP contribution in [-0.2, 0) is 33.9 Å². The Hall–Kier alpha value is -4.93. The van der Waals surface area contributed by atoms with Gasteiger partial charge < -0.3 is 25.8 Å². The van der Waals surface area contributed by atoms with E-state index >= 15 is 0 Å². The quantitative estimate of drug-likeness (QED) is 0.211. The Kier molecular flexibility index (Phi) is 8.42. The van der Waals surface area contributed by atoms with Gasteiger partial charge in [0.2, 0.25) is 0 Å². The summed E-state index contributed by atoms with van der Waals surface area (Å²) in [6.07, 6.45) is 0.562. The molecular formula is C37H39N3O7. The fourth-order valence-corrected chi connectivity index (χ4v) is 7.85. The van der Waals surface area contributed by atoms with Crippen molar-refractivity contribution in [2.24, 2.45) is 23.5 Å². The molecule has 1 amide bonds. The first-order chi connectivity index (χ1) is 22.4. The van der Waals surface area contributed by atoms with Crippen LogP contribution in [0.5, 0.6) is 11.5 Å². The fraction of sp³-hybridized carbons (Fsp3) is 0.324.